The van der Waals surface area contributed by atoms with Gasteiger partial charge in [0.05, 0.1) is 36.9 Å². The number of morpholine rings is 1. The SMILES string of the molecule is Cc1occc1C(=O)N1CCOC2(CCCN(c3cccnc3)C2)C1. The molecular weight excluding hydrogens is 318 g/mol. The number of furan rings is 1. The zero-order valence-corrected chi connectivity index (χ0v) is 14.5. The summed E-state index contributed by atoms with van der Waals surface area (Å²) < 4.78 is 11.5. The molecule has 0 N–H and O–H groups in total. The van der Waals surface area contributed by atoms with Crippen LogP contribution in [0.4, 0.5) is 5.69 Å². The summed E-state index contributed by atoms with van der Waals surface area (Å²) in [5.41, 5.74) is 1.45. The number of piperidine rings is 1. The maximum Gasteiger partial charge on any atom is 0.257 e. The number of nitrogens with zero attached hydrogens (tertiary/aromatic N) is 3. The van der Waals surface area contributed by atoms with Gasteiger partial charge in [-0.2, -0.15) is 0 Å². The molecule has 2 aliphatic heterocycles. The highest BCUT2D eigenvalue weighted by Gasteiger charge is 2.42. The predicted octanol–water partition coefficient (Wildman–Crippen LogP) is 2.49. The third kappa shape index (κ3) is 3.14. The number of hydrogen-bond acceptors (Lipinski definition) is 5. The van der Waals surface area contributed by atoms with Gasteiger partial charge in [0.15, 0.2) is 0 Å². The molecule has 0 saturated carbocycles. The molecule has 1 spiro atoms. The lowest BCUT2D eigenvalue weighted by Crippen LogP contribution is -2.60. The minimum atomic E-state index is -0.306. The molecule has 2 fully saturated rings. The Balaban J connectivity index is 1.51. The summed E-state index contributed by atoms with van der Waals surface area (Å²) in [6, 6.07) is 5.78. The van der Waals surface area contributed by atoms with Crippen LogP contribution in [0.15, 0.2) is 41.3 Å². The molecule has 4 heterocycles. The van der Waals surface area contributed by atoms with Crippen molar-refractivity contribution in [2.75, 3.05) is 37.7 Å². The van der Waals surface area contributed by atoms with Crippen LogP contribution in [0.3, 0.4) is 0 Å². The third-order valence-corrected chi connectivity index (χ3v) is 5.18. The molecule has 2 aromatic heterocycles. The second kappa shape index (κ2) is 6.52. The van der Waals surface area contributed by atoms with Crippen molar-refractivity contribution in [3.05, 3.63) is 48.2 Å². The minimum Gasteiger partial charge on any atom is -0.469 e. The van der Waals surface area contributed by atoms with Gasteiger partial charge in [-0.15, -0.1) is 0 Å². The number of ether oxygens (including phenoxy) is 1. The van der Waals surface area contributed by atoms with Gasteiger partial charge in [0, 0.05) is 25.8 Å². The Hall–Kier alpha value is -2.34. The van der Waals surface area contributed by atoms with Crippen molar-refractivity contribution in [1.82, 2.24) is 9.88 Å². The second-order valence-electron chi connectivity index (χ2n) is 6.88. The van der Waals surface area contributed by atoms with Gasteiger partial charge in [0.1, 0.15) is 11.4 Å². The van der Waals surface area contributed by atoms with Crippen molar-refractivity contribution < 1.29 is 13.9 Å². The number of rotatable bonds is 2. The number of carbonyl (C=O) groups excluding carboxylic acids is 1. The van der Waals surface area contributed by atoms with Crippen LogP contribution in [-0.4, -0.2) is 54.2 Å². The Morgan fingerprint density at radius 2 is 2.20 bits per heavy atom. The van der Waals surface area contributed by atoms with E-state index in [0.717, 1.165) is 31.6 Å². The number of hydrogen-bond donors (Lipinski definition) is 0. The van der Waals surface area contributed by atoms with E-state index in [-0.39, 0.29) is 11.5 Å². The summed E-state index contributed by atoms with van der Waals surface area (Å²) in [5, 5.41) is 0. The van der Waals surface area contributed by atoms with E-state index in [2.05, 4.69) is 16.0 Å². The van der Waals surface area contributed by atoms with Gasteiger partial charge in [0.2, 0.25) is 0 Å². The molecular formula is C19H23N3O3. The monoisotopic (exact) mass is 341 g/mol. The first-order valence-corrected chi connectivity index (χ1v) is 8.79. The van der Waals surface area contributed by atoms with Crippen LogP contribution >= 0.6 is 0 Å². The number of aromatic nitrogens is 1. The molecule has 132 valence electrons. The maximum atomic E-state index is 12.8. The zero-order valence-electron chi connectivity index (χ0n) is 14.5. The van der Waals surface area contributed by atoms with E-state index in [0.29, 0.717) is 31.0 Å². The van der Waals surface area contributed by atoms with Crippen molar-refractivity contribution >= 4 is 11.6 Å². The van der Waals surface area contributed by atoms with E-state index >= 15 is 0 Å². The van der Waals surface area contributed by atoms with Gasteiger partial charge in [-0.3, -0.25) is 9.78 Å². The van der Waals surface area contributed by atoms with Crippen LogP contribution in [0.2, 0.25) is 0 Å². The van der Waals surface area contributed by atoms with E-state index in [1.54, 1.807) is 18.5 Å². The lowest BCUT2D eigenvalue weighted by Gasteiger charge is -2.48. The first-order chi connectivity index (χ1) is 12.2. The molecule has 1 amide bonds. The quantitative estimate of drug-likeness (QED) is 0.840. The normalized spacial score (nSPS) is 23.9. The van der Waals surface area contributed by atoms with Crippen LogP contribution in [0, 0.1) is 6.92 Å². The van der Waals surface area contributed by atoms with Gasteiger partial charge in [-0.05, 0) is 38.0 Å². The highest BCUT2D eigenvalue weighted by molar-refractivity contribution is 5.95. The summed E-state index contributed by atoms with van der Waals surface area (Å²) in [7, 11) is 0. The topological polar surface area (TPSA) is 58.8 Å². The van der Waals surface area contributed by atoms with Crippen molar-refractivity contribution in [2.24, 2.45) is 0 Å². The Bertz CT molecular complexity index is 741. The molecule has 0 aliphatic carbocycles. The number of aryl methyl sites for hydroxylation is 1. The van der Waals surface area contributed by atoms with E-state index < -0.39 is 0 Å². The summed E-state index contributed by atoms with van der Waals surface area (Å²) >= 11 is 0. The summed E-state index contributed by atoms with van der Waals surface area (Å²) in [5.74, 6) is 0.707. The molecule has 6 heteroatoms. The zero-order chi connectivity index (χ0) is 17.3. The van der Waals surface area contributed by atoms with E-state index in [1.807, 2.05) is 24.1 Å². The lowest BCUT2D eigenvalue weighted by molar-refractivity contribution is -0.105. The molecule has 0 radical (unpaired) electrons. The van der Waals surface area contributed by atoms with Crippen LogP contribution in [0.25, 0.3) is 0 Å². The Kier molecular flexibility index (Phi) is 4.21. The molecule has 6 nitrogen and oxygen atoms in total. The summed E-state index contributed by atoms with van der Waals surface area (Å²) in [4.78, 5) is 21.3. The minimum absolute atomic E-state index is 0.0347. The molecule has 25 heavy (non-hydrogen) atoms. The number of amides is 1. The lowest BCUT2D eigenvalue weighted by atomic mass is 9.90. The summed E-state index contributed by atoms with van der Waals surface area (Å²) in [6.07, 6.45) is 7.26. The van der Waals surface area contributed by atoms with Crippen molar-refractivity contribution in [1.29, 1.82) is 0 Å². The largest absolute Gasteiger partial charge is 0.469 e. The Morgan fingerprint density at radius 3 is 2.96 bits per heavy atom. The van der Waals surface area contributed by atoms with Crippen LogP contribution in [-0.2, 0) is 4.74 Å². The van der Waals surface area contributed by atoms with Crippen LogP contribution in [0.5, 0.6) is 0 Å². The Morgan fingerprint density at radius 1 is 1.28 bits per heavy atom. The molecule has 0 aromatic carbocycles. The predicted molar refractivity (Wildman–Crippen MR) is 93.7 cm³/mol. The average Bonchev–Trinajstić information content (AvgIpc) is 3.08. The maximum absolute atomic E-state index is 12.8. The second-order valence-corrected chi connectivity index (χ2v) is 6.88. The van der Waals surface area contributed by atoms with E-state index in [4.69, 9.17) is 9.15 Å². The first-order valence-electron chi connectivity index (χ1n) is 8.79. The fourth-order valence-electron chi connectivity index (χ4n) is 3.90. The molecule has 2 aromatic rings. The van der Waals surface area contributed by atoms with E-state index in [1.165, 1.54) is 0 Å². The van der Waals surface area contributed by atoms with Crippen molar-refractivity contribution in [3.63, 3.8) is 0 Å². The highest BCUT2D eigenvalue weighted by Crippen LogP contribution is 2.32. The first kappa shape index (κ1) is 16.1. The molecule has 0 bridgehead atoms. The van der Waals surface area contributed by atoms with Gasteiger partial charge < -0.3 is 19.0 Å². The fraction of sp³-hybridized carbons (Fsp3) is 0.474. The number of pyridine rings is 1. The fourth-order valence-corrected chi connectivity index (χ4v) is 3.90. The van der Waals surface area contributed by atoms with Gasteiger partial charge in [-0.1, -0.05) is 0 Å². The van der Waals surface area contributed by atoms with Crippen molar-refractivity contribution in [2.45, 2.75) is 25.4 Å². The molecule has 1 unspecified atom stereocenters. The van der Waals surface area contributed by atoms with Gasteiger partial charge in [-0.25, -0.2) is 0 Å². The molecule has 2 aliphatic rings. The van der Waals surface area contributed by atoms with Crippen LogP contribution in [0.1, 0.15) is 29.0 Å². The number of anilines is 1. The third-order valence-electron chi connectivity index (χ3n) is 5.18. The van der Waals surface area contributed by atoms with E-state index in [9.17, 15) is 4.79 Å². The van der Waals surface area contributed by atoms with Gasteiger partial charge >= 0.3 is 0 Å². The van der Waals surface area contributed by atoms with Crippen molar-refractivity contribution in [3.8, 4) is 0 Å². The molecule has 4 rings (SSSR count). The van der Waals surface area contributed by atoms with Gasteiger partial charge in [0.25, 0.3) is 5.91 Å². The molecule has 2 saturated heterocycles. The molecule has 1 atom stereocenters. The van der Waals surface area contributed by atoms with Crippen LogP contribution < -0.4 is 4.90 Å². The summed E-state index contributed by atoms with van der Waals surface area (Å²) in [6.45, 7) is 5.42. The smallest absolute Gasteiger partial charge is 0.257 e. The average molecular weight is 341 g/mol. The highest BCUT2D eigenvalue weighted by atomic mass is 16.5. The number of carbonyl (C=O) groups is 1. The standard InChI is InChI=1S/C19H23N3O3/c1-15-17(5-10-24-15)18(23)22-9-11-25-19(14-22)6-3-8-21(13-19)16-4-2-7-20-12-16/h2,4-5,7,10,12H,3,6,8-9,11,13-14H2,1H3. The Labute approximate surface area is 147 Å².